The second-order valence-electron chi connectivity index (χ2n) is 4.18. The van der Waals surface area contributed by atoms with Gasteiger partial charge in [0, 0.05) is 10.0 Å². The number of hydrogen-bond acceptors (Lipinski definition) is 4. The SMILES string of the molecule is O=C1CSC(=NN=Cc2ccc3ccccc3c2Br)N1. The molecule has 0 bridgehead atoms. The molecule has 2 aromatic rings. The van der Waals surface area contributed by atoms with Crippen LogP contribution < -0.4 is 5.32 Å². The summed E-state index contributed by atoms with van der Waals surface area (Å²) in [5, 5.41) is 13.5. The minimum Gasteiger partial charge on any atom is -0.303 e. The number of carbonyl (C=O) groups is 1. The number of fused-ring (bicyclic) bond motifs is 1. The highest BCUT2D eigenvalue weighted by atomic mass is 79.9. The van der Waals surface area contributed by atoms with E-state index in [9.17, 15) is 4.79 Å². The fourth-order valence-corrected chi connectivity index (χ4v) is 3.10. The van der Waals surface area contributed by atoms with Gasteiger partial charge in [-0.05, 0) is 26.7 Å². The number of benzene rings is 2. The average molecular weight is 348 g/mol. The minimum atomic E-state index is -0.0316. The van der Waals surface area contributed by atoms with Gasteiger partial charge >= 0.3 is 0 Å². The lowest BCUT2D eigenvalue weighted by molar-refractivity contribution is -0.116. The van der Waals surface area contributed by atoms with Crippen LogP contribution in [0.4, 0.5) is 0 Å². The zero-order valence-electron chi connectivity index (χ0n) is 10.3. The molecule has 1 amide bonds. The number of thioether (sulfide) groups is 1. The molecule has 0 radical (unpaired) electrons. The Morgan fingerprint density at radius 3 is 2.90 bits per heavy atom. The Morgan fingerprint density at radius 1 is 1.25 bits per heavy atom. The van der Waals surface area contributed by atoms with E-state index >= 15 is 0 Å². The van der Waals surface area contributed by atoms with Crippen LogP contribution >= 0.6 is 27.7 Å². The van der Waals surface area contributed by atoms with Gasteiger partial charge in [0.05, 0.1) is 12.0 Å². The van der Waals surface area contributed by atoms with Crippen molar-refractivity contribution in [2.45, 2.75) is 0 Å². The lowest BCUT2D eigenvalue weighted by Crippen LogP contribution is -2.19. The van der Waals surface area contributed by atoms with Gasteiger partial charge in [0.2, 0.25) is 5.91 Å². The molecule has 0 aromatic heterocycles. The van der Waals surface area contributed by atoms with E-state index in [-0.39, 0.29) is 5.91 Å². The zero-order chi connectivity index (χ0) is 13.9. The summed E-state index contributed by atoms with van der Waals surface area (Å²) in [7, 11) is 0. The first-order valence-corrected chi connectivity index (χ1v) is 7.73. The second-order valence-corrected chi connectivity index (χ2v) is 5.93. The molecule has 20 heavy (non-hydrogen) atoms. The summed E-state index contributed by atoms with van der Waals surface area (Å²) in [6.45, 7) is 0. The van der Waals surface area contributed by atoms with E-state index in [2.05, 4.69) is 43.6 Å². The Labute approximate surface area is 128 Å². The first kappa shape index (κ1) is 13.3. The Balaban J connectivity index is 1.87. The number of amides is 1. The molecule has 1 aliphatic heterocycles. The topological polar surface area (TPSA) is 53.8 Å². The van der Waals surface area contributed by atoms with Crippen molar-refractivity contribution in [2.75, 3.05) is 5.75 Å². The Bertz CT molecular complexity index is 742. The molecule has 1 heterocycles. The maximum atomic E-state index is 11.0. The van der Waals surface area contributed by atoms with Crippen molar-refractivity contribution < 1.29 is 4.79 Å². The van der Waals surface area contributed by atoms with Crippen molar-refractivity contribution in [1.29, 1.82) is 0 Å². The summed E-state index contributed by atoms with van der Waals surface area (Å²) in [5.41, 5.74) is 0.947. The highest BCUT2D eigenvalue weighted by molar-refractivity contribution is 9.10. The van der Waals surface area contributed by atoms with Crippen LogP contribution in [-0.4, -0.2) is 23.0 Å². The van der Waals surface area contributed by atoms with Crippen LogP contribution in [0.25, 0.3) is 10.8 Å². The van der Waals surface area contributed by atoms with E-state index in [0.29, 0.717) is 10.9 Å². The van der Waals surface area contributed by atoms with E-state index in [1.54, 1.807) is 6.21 Å². The van der Waals surface area contributed by atoms with E-state index in [4.69, 9.17) is 0 Å². The van der Waals surface area contributed by atoms with Gasteiger partial charge in [0.15, 0.2) is 5.17 Å². The van der Waals surface area contributed by atoms with E-state index in [1.165, 1.54) is 17.1 Å². The van der Waals surface area contributed by atoms with Gasteiger partial charge in [-0.3, -0.25) is 4.79 Å². The number of rotatable bonds is 2. The Kier molecular flexibility index (Phi) is 3.84. The molecule has 100 valence electrons. The minimum absolute atomic E-state index is 0.0316. The molecule has 0 spiro atoms. The number of carbonyl (C=O) groups excluding carboxylic acids is 1. The average Bonchev–Trinajstić information content (AvgIpc) is 2.87. The molecule has 2 aromatic carbocycles. The molecule has 0 unspecified atom stereocenters. The van der Waals surface area contributed by atoms with Crippen LogP contribution in [0.15, 0.2) is 51.1 Å². The Morgan fingerprint density at radius 2 is 2.10 bits per heavy atom. The maximum absolute atomic E-state index is 11.0. The molecular formula is C14H10BrN3OS. The second kappa shape index (κ2) is 5.76. The van der Waals surface area contributed by atoms with Crippen LogP contribution in [0.1, 0.15) is 5.56 Å². The van der Waals surface area contributed by atoms with Gasteiger partial charge in [-0.25, -0.2) is 0 Å². The number of hydrogen-bond donors (Lipinski definition) is 1. The summed E-state index contributed by atoms with van der Waals surface area (Å²) >= 11 is 4.95. The van der Waals surface area contributed by atoms with Gasteiger partial charge in [-0.1, -0.05) is 48.2 Å². The third-order valence-electron chi connectivity index (χ3n) is 2.82. The van der Waals surface area contributed by atoms with Gasteiger partial charge in [-0.2, -0.15) is 5.10 Å². The normalized spacial score (nSPS) is 17.2. The van der Waals surface area contributed by atoms with Crippen LogP contribution in [0.3, 0.4) is 0 Å². The fraction of sp³-hybridized carbons (Fsp3) is 0.0714. The van der Waals surface area contributed by atoms with Gasteiger partial charge < -0.3 is 5.32 Å². The van der Waals surface area contributed by atoms with Crippen LogP contribution in [0.2, 0.25) is 0 Å². The van der Waals surface area contributed by atoms with Crippen molar-refractivity contribution in [3.05, 3.63) is 46.4 Å². The van der Waals surface area contributed by atoms with Crippen molar-refractivity contribution >= 4 is 55.8 Å². The van der Waals surface area contributed by atoms with E-state index < -0.39 is 0 Å². The molecule has 0 atom stereocenters. The van der Waals surface area contributed by atoms with E-state index in [0.717, 1.165) is 15.4 Å². The predicted octanol–water partition coefficient (Wildman–Crippen LogP) is 3.16. The fourth-order valence-electron chi connectivity index (χ4n) is 1.87. The van der Waals surface area contributed by atoms with Crippen molar-refractivity contribution in [3.8, 4) is 0 Å². The van der Waals surface area contributed by atoms with Crippen molar-refractivity contribution in [2.24, 2.45) is 10.2 Å². The monoisotopic (exact) mass is 347 g/mol. The van der Waals surface area contributed by atoms with Crippen LogP contribution in [-0.2, 0) is 4.79 Å². The third-order valence-corrected chi connectivity index (χ3v) is 4.57. The summed E-state index contributed by atoms with van der Waals surface area (Å²) in [6, 6.07) is 12.1. The molecule has 0 saturated carbocycles. The van der Waals surface area contributed by atoms with Gasteiger partial charge in [0.25, 0.3) is 0 Å². The number of amidine groups is 1. The molecule has 1 aliphatic rings. The molecule has 1 fully saturated rings. The van der Waals surface area contributed by atoms with Gasteiger partial charge in [-0.15, -0.1) is 5.10 Å². The van der Waals surface area contributed by atoms with E-state index in [1.807, 2.05) is 24.3 Å². The standard InChI is InChI=1S/C14H10BrN3OS/c15-13-10(6-5-9-3-1-2-4-11(9)13)7-16-18-14-17-12(19)8-20-14/h1-7H,8H2,(H,17,18,19). The molecule has 3 rings (SSSR count). The Hall–Kier alpha value is -1.66. The summed E-state index contributed by atoms with van der Waals surface area (Å²) in [6.07, 6.45) is 1.68. The molecular weight excluding hydrogens is 338 g/mol. The van der Waals surface area contributed by atoms with Crippen molar-refractivity contribution in [3.63, 3.8) is 0 Å². The molecule has 1 N–H and O–H groups in total. The lowest BCUT2D eigenvalue weighted by atomic mass is 10.1. The summed E-state index contributed by atoms with van der Waals surface area (Å²) in [5.74, 6) is 0.379. The number of nitrogens with zero attached hydrogens (tertiary/aromatic N) is 2. The molecule has 0 aliphatic carbocycles. The smallest absolute Gasteiger partial charge is 0.236 e. The number of halogens is 1. The first-order chi connectivity index (χ1) is 9.74. The predicted molar refractivity (Wildman–Crippen MR) is 87.3 cm³/mol. The van der Waals surface area contributed by atoms with Crippen LogP contribution in [0, 0.1) is 0 Å². The highest BCUT2D eigenvalue weighted by Crippen LogP contribution is 2.26. The molecule has 6 heteroatoms. The summed E-state index contributed by atoms with van der Waals surface area (Å²) in [4.78, 5) is 11.0. The first-order valence-electron chi connectivity index (χ1n) is 5.95. The lowest BCUT2D eigenvalue weighted by Gasteiger charge is -2.03. The van der Waals surface area contributed by atoms with Gasteiger partial charge in [0.1, 0.15) is 0 Å². The largest absolute Gasteiger partial charge is 0.303 e. The number of nitrogens with one attached hydrogen (secondary N) is 1. The summed E-state index contributed by atoms with van der Waals surface area (Å²) < 4.78 is 0.989. The van der Waals surface area contributed by atoms with Crippen LogP contribution in [0.5, 0.6) is 0 Å². The quantitative estimate of drug-likeness (QED) is 0.670. The zero-order valence-corrected chi connectivity index (χ0v) is 12.7. The molecule has 4 nitrogen and oxygen atoms in total. The highest BCUT2D eigenvalue weighted by Gasteiger charge is 2.15. The van der Waals surface area contributed by atoms with Crippen molar-refractivity contribution in [1.82, 2.24) is 5.32 Å². The molecule has 1 saturated heterocycles. The third kappa shape index (κ3) is 2.76. The maximum Gasteiger partial charge on any atom is 0.236 e.